The first-order valence-electron chi connectivity index (χ1n) is 10.1. The quantitative estimate of drug-likeness (QED) is 0.724. The van der Waals surface area contributed by atoms with Crippen LogP contribution in [0.2, 0.25) is 0 Å². The molecule has 4 rings (SSSR count). The monoisotopic (exact) mass is 448 g/mol. The maximum Gasteiger partial charge on any atom is 0.228 e. The molecular formula is C22H22F2N2O4S. The lowest BCUT2D eigenvalue weighted by Gasteiger charge is -2.23. The van der Waals surface area contributed by atoms with Crippen LogP contribution in [0.5, 0.6) is 0 Å². The third kappa shape index (κ3) is 4.32. The summed E-state index contributed by atoms with van der Waals surface area (Å²) in [5, 5.41) is -1.01. The summed E-state index contributed by atoms with van der Waals surface area (Å²) in [7, 11) is -3.64. The number of carbonyl (C=O) groups is 2. The van der Waals surface area contributed by atoms with E-state index in [1.54, 1.807) is 6.07 Å². The summed E-state index contributed by atoms with van der Waals surface area (Å²) in [6, 6.07) is 11.3. The average molecular weight is 448 g/mol. The molecule has 0 aromatic heterocycles. The Balaban J connectivity index is 1.48. The van der Waals surface area contributed by atoms with Gasteiger partial charge in [0.05, 0.1) is 16.9 Å². The van der Waals surface area contributed by atoms with Gasteiger partial charge >= 0.3 is 0 Å². The van der Waals surface area contributed by atoms with E-state index in [1.807, 2.05) is 0 Å². The topological polar surface area (TPSA) is 74.8 Å². The maximum absolute atomic E-state index is 14.2. The third-order valence-electron chi connectivity index (χ3n) is 5.92. The van der Waals surface area contributed by atoms with Gasteiger partial charge in [0, 0.05) is 37.3 Å². The lowest BCUT2D eigenvalue weighted by atomic mass is 10.1. The van der Waals surface area contributed by atoms with E-state index in [1.165, 1.54) is 52.3 Å². The van der Waals surface area contributed by atoms with E-state index >= 15 is 0 Å². The Bertz CT molecular complexity index is 1100. The summed E-state index contributed by atoms with van der Waals surface area (Å²) in [4.78, 5) is 28.4. The molecule has 0 saturated carbocycles. The number of benzene rings is 2. The van der Waals surface area contributed by atoms with Gasteiger partial charge in [-0.3, -0.25) is 9.59 Å². The van der Waals surface area contributed by atoms with E-state index < -0.39 is 32.6 Å². The first-order chi connectivity index (χ1) is 14.8. The van der Waals surface area contributed by atoms with Gasteiger partial charge in [-0.1, -0.05) is 18.2 Å². The highest BCUT2D eigenvalue weighted by atomic mass is 32.2. The fourth-order valence-corrected chi connectivity index (χ4v) is 6.05. The minimum atomic E-state index is -3.64. The average Bonchev–Trinajstić information content (AvgIpc) is 3.05. The van der Waals surface area contributed by atoms with Crippen LogP contribution in [0.4, 0.5) is 14.5 Å². The van der Waals surface area contributed by atoms with Gasteiger partial charge in [-0.05, 0) is 36.8 Å². The summed E-state index contributed by atoms with van der Waals surface area (Å²) in [5.41, 5.74) is 0.634. The Morgan fingerprint density at radius 3 is 2.42 bits per heavy atom. The number of nitrogens with zero attached hydrogens (tertiary/aromatic N) is 2. The van der Waals surface area contributed by atoms with Crippen molar-refractivity contribution in [2.24, 2.45) is 5.92 Å². The molecule has 31 heavy (non-hydrogen) atoms. The highest BCUT2D eigenvalue weighted by Gasteiger charge is 2.40. The Kier molecular flexibility index (Phi) is 5.79. The van der Waals surface area contributed by atoms with Gasteiger partial charge in [0.25, 0.3) is 0 Å². The zero-order valence-electron chi connectivity index (χ0n) is 16.7. The first-order valence-corrected chi connectivity index (χ1v) is 11.8. The molecule has 2 amide bonds. The minimum absolute atomic E-state index is 0.00730. The molecule has 0 spiro atoms. The van der Waals surface area contributed by atoms with Crippen LogP contribution in [0.25, 0.3) is 0 Å². The second-order valence-electron chi connectivity index (χ2n) is 7.87. The van der Waals surface area contributed by atoms with Crippen molar-refractivity contribution < 1.29 is 26.8 Å². The van der Waals surface area contributed by atoms with Crippen LogP contribution in [-0.2, 0) is 19.4 Å². The number of sulfone groups is 1. The molecular weight excluding hydrogens is 426 g/mol. The molecule has 0 unspecified atom stereocenters. The molecule has 2 aliphatic rings. The number of anilines is 1. The second-order valence-corrected chi connectivity index (χ2v) is 10.2. The van der Waals surface area contributed by atoms with Crippen molar-refractivity contribution in [1.82, 2.24) is 4.90 Å². The third-order valence-corrected chi connectivity index (χ3v) is 8.03. The molecule has 2 heterocycles. The molecule has 0 bridgehead atoms. The second kappa shape index (κ2) is 8.37. The number of hydrogen-bond acceptors (Lipinski definition) is 4. The van der Waals surface area contributed by atoms with Gasteiger partial charge in [0.15, 0.2) is 9.84 Å². The van der Waals surface area contributed by atoms with E-state index in [4.69, 9.17) is 0 Å². The van der Waals surface area contributed by atoms with E-state index in [9.17, 15) is 26.8 Å². The Morgan fingerprint density at radius 1 is 1.00 bits per heavy atom. The normalized spacial score (nSPS) is 23.6. The summed E-state index contributed by atoms with van der Waals surface area (Å²) < 4.78 is 52.9. The summed E-state index contributed by atoms with van der Waals surface area (Å²) >= 11 is 0. The first kappa shape index (κ1) is 21.4. The molecule has 0 radical (unpaired) electrons. The van der Waals surface area contributed by atoms with Crippen LogP contribution in [-0.4, -0.2) is 50.5 Å². The van der Waals surface area contributed by atoms with E-state index in [0.29, 0.717) is 5.69 Å². The van der Waals surface area contributed by atoms with Crippen LogP contribution >= 0.6 is 0 Å². The van der Waals surface area contributed by atoms with Gasteiger partial charge in [-0.15, -0.1) is 0 Å². The van der Waals surface area contributed by atoms with Crippen LogP contribution in [0.1, 0.15) is 23.7 Å². The summed E-state index contributed by atoms with van der Waals surface area (Å²) in [6.07, 6.45) is 0.105. The molecule has 2 fully saturated rings. The van der Waals surface area contributed by atoms with E-state index in [2.05, 4.69) is 0 Å². The smallest absolute Gasteiger partial charge is 0.228 e. The zero-order chi connectivity index (χ0) is 22.2. The molecule has 2 aromatic rings. The Labute approximate surface area is 179 Å². The predicted molar refractivity (Wildman–Crippen MR) is 111 cm³/mol. The fourth-order valence-electron chi connectivity index (χ4n) is 4.25. The number of hydrogen-bond donors (Lipinski definition) is 0. The SMILES string of the molecule is O=C([C@H]1CC(=O)N(c2ccc(F)cc2)C1)N1CC[C@H](c2ccccc2F)S(=O)(=O)CC1. The highest BCUT2D eigenvalue weighted by molar-refractivity contribution is 7.91. The largest absolute Gasteiger partial charge is 0.341 e. The van der Waals surface area contributed by atoms with E-state index in [-0.39, 0.29) is 55.6 Å². The van der Waals surface area contributed by atoms with Gasteiger partial charge < -0.3 is 9.80 Å². The molecule has 2 aromatic carbocycles. The molecule has 2 aliphatic heterocycles. The number of amides is 2. The van der Waals surface area contributed by atoms with Crippen LogP contribution in [0.15, 0.2) is 48.5 Å². The molecule has 2 saturated heterocycles. The fraction of sp³-hybridized carbons (Fsp3) is 0.364. The van der Waals surface area contributed by atoms with Crippen molar-refractivity contribution in [3.05, 3.63) is 65.7 Å². The highest BCUT2D eigenvalue weighted by Crippen LogP contribution is 2.32. The molecule has 0 aliphatic carbocycles. The number of rotatable bonds is 3. The molecule has 6 nitrogen and oxygen atoms in total. The molecule has 0 N–H and O–H groups in total. The van der Waals surface area contributed by atoms with Crippen molar-refractivity contribution in [3.63, 3.8) is 0 Å². The van der Waals surface area contributed by atoms with E-state index in [0.717, 1.165) is 0 Å². The molecule has 164 valence electrons. The van der Waals surface area contributed by atoms with Crippen molar-refractivity contribution >= 4 is 27.3 Å². The Morgan fingerprint density at radius 2 is 1.71 bits per heavy atom. The Hall–Kier alpha value is -2.81. The van der Waals surface area contributed by atoms with Gasteiger partial charge in [-0.25, -0.2) is 17.2 Å². The summed E-state index contributed by atoms with van der Waals surface area (Å²) in [6.45, 7) is 0.328. The van der Waals surface area contributed by atoms with Crippen molar-refractivity contribution in [3.8, 4) is 0 Å². The number of carbonyl (C=O) groups excluding carboxylic acids is 2. The number of halogens is 2. The van der Waals surface area contributed by atoms with Crippen LogP contribution in [0, 0.1) is 17.6 Å². The molecule has 9 heteroatoms. The van der Waals surface area contributed by atoms with Crippen LogP contribution < -0.4 is 4.90 Å². The zero-order valence-corrected chi connectivity index (χ0v) is 17.5. The standard InChI is InChI=1S/C22H22F2N2O4S/c23-16-5-7-17(8-6-16)26-14-15(13-21(26)27)22(28)25-10-9-20(31(29,30)12-11-25)18-3-1-2-4-19(18)24/h1-8,15,20H,9-14H2/t15-,20+/m0/s1. The van der Waals surface area contributed by atoms with Gasteiger partial charge in [0.1, 0.15) is 11.6 Å². The van der Waals surface area contributed by atoms with Crippen molar-refractivity contribution in [2.45, 2.75) is 18.1 Å². The lowest BCUT2D eigenvalue weighted by Crippen LogP contribution is -2.39. The molecule has 2 atom stereocenters. The van der Waals surface area contributed by atoms with Gasteiger partial charge in [0.2, 0.25) is 11.8 Å². The van der Waals surface area contributed by atoms with Crippen molar-refractivity contribution in [2.75, 3.05) is 30.3 Å². The minimum Gasteiger partial charge on any atom is -0.341 e. The lowest BCUT2D eigenvalue weighted by molar-refractivity contribution is -0.135. The van der Waals surface area contributed by atoms with Gasteiger partial charge in [-0.2, -0.15) is 0 Å². The van der Waals surface area contributed by atoms with Crippen molar-refractivity contribution in [1.29, 1.82) is 0 Å². The van der Waals surface area contributed by atoms with Crippen LogP contribution in [0.3, 0.4) is 0 Å². The summed E-state index contributed by atoms with van der Waals surface area (Å²) in [5.74, 6) is -2.39. The maximum atomic E-state index is 14.2. The predicted octanol–water partition coefficient (Wildman–Crippen LogP) is 2.71.